The van der Waals surface area contributed by atoms with E-state index in [-0.39, 0.29) is 6.09 Å². The Kier molecular flexibility index (Phi) is 9.00. The third-order valence-electron chi connectivity index (χ3n) is 6.32. The summed E-state index contributed by atoms with van der Waals surface area (Å²) in [6, 6.07) is 9.16. The maximum absolute atomic E-state index is 11.9. The predicted octanol–water partition coefficient (Wildman–Crippen LogP) is 3.20. The number of hydrogen-bond donors (Lipinski definition) is 2. The van der Waals surface area contributed by atoms with E-state index in [4.69, 9.17) is 4.74 Å². The molecule has 0 bridgehead atoms. The summed E-state index contributed by atoms with van der Waals surface area (Å²) in [6.07, 6.45) is 4.19. The number of benzene rings is 1. The zero-order valence-electron chi connectivity index (χ0n) is 19.4. The van der Waals surface area contributed by atoms with Gasteiger partial charge in [0.1, 0.15) is 0 Å². The van der Waals surface area contributed by atoms with Crippen molar-refractivity contribution >= 4 is 12.1 Å². The Balaban J connectivity index is 1.43. The van der Waals surface area contributed by atoms with E-state index in [1.807, 2.05) is 6.92 Å². The number of amides is 1. The molecule has 2 saturated heterocycles. The Hall–Kier alpha value is -2.28. The molecule has 0 aromatic heterocycles. The number of carbonyl (C=O) groups excluding carboxylic acids is 1. The standard InChI is InChI=1S/C24H39N5O2/c1-4-31-24(30)29-14-10-22(11-15-29)27-23(25-3)26-17-20-6-5-7-21(16-20)18-28-12-8-19(2)9-13-28/h5-7,16,19,22H,4,8-15,17-18H2,1-3H3,(H2,25,26,27). The summed E-state index contributed by atoms with van der Waals surface area (Å²) in [7, 11) is 1.80. The fourth-order valence-electron chi connectivity index (χ4n) is 4.31. The van der Waals surface area contributed by atoms with Crippen molar-refractivity contribution in [2.75, 3.05) is 39.8 Å². The van der Waals surface area contributed by atoms with Crippen molar-refractivity contribution in [3.05, 3.63) is 35.4 Å². The van der Waals surface area contributed by atoms with Gasteiger partial charge in [0.25, 0.3) is 0 Å². The molecule has 1 aromatic rings. The van der Waals surface area contributed by atoms with Crippen LogP contribution in [0, 0.1) is 5.92 Å². The maximum atomic E-state index is 11.9. The Morgan fingerprint density at radius 3 is 2.52 bits per heavy atom. The summed E-state index contributed by atoms with van der Waals surface area (Å²) in [6.45, 7) is 10.2. The number of nitrogens with zero attached hydrogens (tertiary/aromatic N) is 3. The van der Waals surface area contributed by atoms with Crippen molar-refractivity contribution in [3.63, 3.8) is 0 Å². The molecule has 3 rings (SSSR count). The lowest BCUT2D eigenvalue weighted by atomic mass is 9.98. The van der Waals surface area contributed by atoms with E-state index in [1.54, 1.807) is 11.9 Å². The van der Waals surface area contributed by atoms with Crippen molar-refractivity contribution in [3.8, 4) is 0 Å². The molecule has 0 saturated carbocycles. The largest absolute Gasteiger partial charge is 0.450 e. The van der Waals surface area contributed by atoms with E-state index in [0.717, 1.165) is 37.8 Å². The number of nitrogens with one attached hydrogen (secondary N) is 2. The third kappa shape index (κ3) is 7.42. The van der Waals surface area contributed by atoms with Crippen LogP contribution < -0.4 is 10.6 Å². The van der Waals surface area contributed by atoms with E-state index in [1.165, 1.54) is 37.1 Å². The Morgan fingerprint density at radius 1 is 1.13 bits per heavy atom. The highest BCUT2D eigenvalue weighted by molar-refractivity contribution is 5.80. The first kappa shape index (κ1) is 23.4. The van der Waals surface area contributed by atoms with Gasteiger partial charge in [-0.25, -0.2) is 4.79 Å². The highest BCUT2D eigenvalue weighted by Crippen LogP contribution is 2.18. The average Bonchev–Trinajstić information content (AvgIpc) is 2.79. The quantitative estimate of drug-likeness (QED) is 0.537. The molecule has 0 radical (unpaired) electrons. The molecule has 1 amide bonds. The van der Waals surface area contributed by atoms with Crippen LogP contribution in [0.15, 0.2) is 29.3 Å². The molecule has 0 atom stereocenters. The second kappa shape index (κ2) is 11.9. The summed E-state index contributed by atoms with van der Waals surface area (Å²) in [5, 5.41) is 6.95. The lowest BCUT2D eigenvalue weighted by Gasteiger charge is -2.32. The number of hydrogen-bond acceptors (Lipinski definition) is 4. The second-order valence-corrected chi connectivity index (χ2v) is 8.81. The highest BCUT2D eigenvalue weighted by Gasteiger charge is 2.24. The lowest BCUT2D eigenvalue weighted by molar-refractivity contribution is 0.0963. The number of rotatable bonds is 6. The van der Waals surface area contributed by atoms with Crippen LogP contribution in [-0.4, -0.2) is 67.7 Å². The fourth-order valence-corrected chi connectivity index (χ4v) is 4.31. The SMILES string of the molecule is CCOC(=O)N1CCC(NC(=NC)NCc2cccc(CN3CCC(C)CC3)c2)CC1. The molecule has 0 spiro atoms. The van der Waals surface area contributed by atoms with E-state index < -0.39 is 0 Å². The normalized spacial score (nSPS) is 19.3. The summed E-state index contributed by atoms with van der Waals surface area (Å²) in [4.78, 5) is 20.6. The average molecular weight is 430 g/mol. The molecule has 2 heterocycles. The summed E-state index contributed by atoms with van der Waals surface area (Å²) in [5.41, 5.74) is 2.64. The Bertz CT molecular complexity index is 722. The monoisotopic (exact) mass is 429 g/mol. The zero-order valence-corrected chi connectivity index (χ0v) is 19.4. The lowest BCUT2D eigenvalue weighted by Crippen LogP contribution is -2.49. The molecule has 1 aromatic carbocycles. The molecule has 7 heteroatoms. The van der Waals surface area contributed by atoms with Crippen molar-refractivity contribution in [1.29, 1.82) is 0 Å². The van der Waals surface area contributed by atoms with Crippen LogP contribution in [0.4, 0.5) is 4.79 Å². The van der Waals surface area contributed by atoms with Gasteiger partial charge in [-0.2, -0.15) is 0 Å². The molecular formula is C24H39N5O2. The first-order valence-electron chi connectivity index (χ1n) is 11.8. The molecule has 0 unspecified atom stereocenters. The van der Waals surface area contributed by atoms with Crippen LogP contribution in [0.25, 0.3) is 0 Å². The summed E-state index contributed by atoms with van der Waals surface area (Å²) >= 11 is 0. The number of likely N-dealkylation sites (tertiary alicyclic amines) is 2. The van der Waals surface area contributed by atoms with Crippen molar-refractivity contribution in [2.24, 2.45) is 10.9 Å². The van der Waals surface area contributed by atoms with Crippen molar-refractivity contribution in [2.45, 2.75) is 58.7 Å². The van der Waals surface area contributed by atoms with Crippen molar-refractivity contribution in [1.82, 2.24) is 20.4 Å². The van der Waals surface area contributed by atoms with Gasteiger partial charge in [0.05, 0.1) is 6.61 Å². The Morgan fingerprint density at radius 2 is 1.84 bits per heavy atom. The van der Waals surface area contributed by atoms with Crippen LogP contribution >= 0.6 is 0 Å². The van der Waals surface area contributed by atoms with Crippen molar-refractivity contribution < 1.29 is 9.53 Å². The molecule has 31 heavy (non-hydrogen) atoms. The van der Waals surface area contributed by atoms with E-state index in [2.05, 4.69) is 51.7 Å². The van der Waals surface area contributed by atoms with Crippen LogP contribution in [0.2, 0.25) is 0 Å². The first-order valence-corrected chi connectivity index (χ1v) is 11.8. The van der Waals surface area contributed by atoms with Gasteiger partial charge in [-0.05, 0) is 62.7 Å². The van der Waals surface area contributed by atoms with Gasteiger partial charge < -0.3 is 20.3 Å². The predicted molar refractivity (Wildman–Crippen MR) is 125 cm³/mol. The number of aliphatic imine (C=N–C) groups is 1. The minimum Gasteiger partial charge on any atom is -0.450 e. The molecule has 172 valence electrons. The minimum atomic E-state index is -0.206. The number of piperidine rings is 2. The van der Waals surface area contributed by atoms with Crippen LogP contribution in [0.1, 0.15) is 50.7 Å². The molecule has 2 aliphatic rings. The zero-order chi connectivity index (χ0) is 22.1. The van der Waals surface area contributed by atoms with Gasteiger partial charge in [-0.15, -0.1) is 0 Å². The number of guanidine groups is 1. The van der Waals surface area contributed by atoms with Gasteiger partial charge in [-0.3, -0.25) is 9.89 Å². The topological polar surface area (TPSA) is 69.2 Å². The minimum absolute atomic E-state index is 0.206. The van der Waals surface area contributed by atoms with Crippen LogP contribution in [-0.2, 0) is 17.8 Å². The highest BCUT2D eigenvalue weighted by atomic mass is 16.6. The van der Waals surface area contributed by atoms with Crippen LogP contribution in [0.5, 0.6) is 0 Å². The second-order valence-electron chi connectivity index (χ2n) is 8.81. The fraction of sp³-hybridized carbons (Fsp3) is 0.667. The van der Waals surface area contributed by atoms with Gasteiger partial charge in [0, 0.05) is 39.3 Å². The van der Waals surface area contributed by atoms with Gasteiger partial charge in [0.2, 0.25) is 0 Å². The third-order valence-corrected chi connectivity index (χ3v) is 6.32. The van der Waals surface area contributed by atoms with E-state index in [0.29, 0.717) is 25.7 Å². The summed E-state index contributed by atoms with van der Waals surface area (Å²) in [5.74, 6) is 1.67. The molecular weight excluding hydrogens is 390 g/mol. The van der Waals surface area contributed by atoms with Gasteiger partial charge in [-0.1, -0.05) is 31.2 Å². The van der Waals surface area contributed by atoms with E-state index >= 15 is 0 Å². The summed E-state index contributed by atoms with van der Waals surface area (Å²) < 4.78 is 5.10. The first-order chi connectivity index (χ1) is 15.1. The number of carbonyl (C=O) groups is 1. The van der Waals surface area contributed by atoms with Crippen LogP contribution in [0.3, 0.4) is 0 Å². The van der Waals surface area contributed by atoms with Gasteiger partial charge in [0.15, 0.2) is 5.96 Å². The van der Waals surface area contributed by atoms with Gasteiger partial charge >= 0.3 is 6.09 Å². The van der Waals surface area contributed by atoms with E-state index in [9.17, 15) is 4.79 Å². The molecule has 7 nitrogen and oxygen atoms in total. The Labute approximate surface area is 187 Å². The number of ether oxygens (including phenoxy) is 1. The smallest absolute Gasteiger partial charge is 0.409 e. The maximum Gasteiger partial charge on any atom is 0.409 e. The molecule has 2 fully saturated rings. The molecule has 0 aliphatic carbocycles. The molecule has 2 aliphatic heterocycles. The molecule has 2 N–H and O–H groups in total.